The molecule has 0 unspecified atom stereocenters. The number of methoxy groups -OCH3 is 2. The molecule has 4 rings (SSSR count). The summed E-state index contributed by atoms with van der Waals surface area (Å²) in [5.74, 6) is 2.30. The van der Waals surface area contributed by atoms with Crippen LogP contribution in [-0.4, -0.2) is 35.7 Å². The van der Waals surface area contributed by atoms with Gasteiger partial charge < -0.3 is 14.8 Å². The summed E-state index contributed by atoms with van der Waals surface area (Å²) in [6.07, 6.45) is 0. The third kappa shape index (κ3) is 3.56. The summed E-state index contributed by atoms with van der Waals surface area (Å²) in [4.78, 5) is 12.5. The van der Waals surface area contributed by atoms with Crippen molar-refractivity contribution >= 4 is 35.1 Å². The van der Waals surface area contributed by atoms with Gasteiger partial charge in [-0.15, -0.1) is 11.8 Å². The number of nitrogens with zero attached hydrogens (tertiary/aromatic N) is 2. The third-order valence-electron chi connectivity index (χ3n) is 4.81. The van der Waals surface area contributed by atoms with E-state index < -0.39 is 0 Å². The largest absolute Gasteiger partial charge is 0.497 e. The van der Waals surface area contributed by atoms with Gasteiger partial charge in [0.2, 0.25) is 5.91 Å². The van der Waals surface area contributed by atoms with Gasteiger partial charge in [0, 0.05) is 11.1 Å². The standard InChI is InChI=1S/C21H20ClN3O3S/c1-12-19-20(14-10-13(27-2)8-9-17(14)28-3)29-11-18(26)23-21(19)25(24-12)16-7-5-4-6-15(16)22/h4-10,20H,11H2,1-3H3,(H,23,26)/t20-/m0/s1. The van der Waals surface area contributed by atoms with E-state index >= 15 is 0 Å². The van der Waals surface area contributed by atoms with Crippen molar-refractivity contribution in [3.05, 3.63) is 64.3 Å². The molecule has 0 bridgehead atoms. The Kier molecular flexibility index (Phi) is 5.43. The third-order valence-corrected chi connectivity index (χ3v) is 6.38. The van der Waals surface area contributed by atoms with Crippen molar-refractivity contribution in [1.29, 1.82) is 0 Å². The maximum Gasteiger partial charge on any atom is 0.235 e. The summed E-state index contributed by atoms with van der Waals surface area (Å²) in [5.41, 5.74) is 3.37. The fourth-order valence-corrected chi connectivity index (χ4v) is 4.89. The van der Waals surface area contributed by atoms with Gasteiger partial charge in [-0.2, -0.15) is 5.10 Å². The van der Waals surface area contributed by atoms with E-state index in [-0.39, 0.29) is 11.2 Å². The van der Waals surface area contributed by atoms with Gasteiger partial charge in [-0.1, -0.05) is 23.7 Å². The number of rotatable bonds is 4. The van der Waals surface area contributed by atoms with Gasteiger partial charge in [0.1, 0.15) is 17.3 Å². The molecule has 0 spiro atoms. The molecule has 2 aromatic carbocycles. The molecule has 8 heteroatoms. The van der Waals surface area contributed by atoms with Gasteiger partial charge in [0.05, 0.1) is 41.6 Å². The first-order chi connectivity index (χ1) is 14.0. The minimum Gasteiger partial charge on any atom is -0.497 e. The number of halogens is 1. The molecule has 1 aliphatic rings. The second-order valence-corrected chi connectivity index (χ2v) is 8.06. The number of hydrogen-bond acceptors (Lipinski definition) is 5. The molecule has 1 N–H and O–H groups in total. The van der Waals surface area contributed by atoms with Gasteiger partial charge in [-0.25, -0.2) is 4.68 Å². The minimum absolute atomic E-state index is 0.0891. The van der Waals surface area contributed by atoms with Crippen molar-refractivity contribution in [3.63, 3.8) is 0 Å². The number of benzene rings is 2. The smallest absolute Gasteiger partial charge is 0.235 e. The highest BCUT2D eigenvalue weighted by Gasteiger charge is 2.32. The average molecular weight is 430 g/mol. The number of anilines is 1. The molecule has 1 atom stereocenters. The zero-order valence-electron chi connectivity index (χ0n) is 16.2. The number of carbonyl (C=O) groups is 1. The van der Waals surface area contributed by atoms with Crippen molar-refractivity contribution in [2.75, 3.05) is 25.3 Å². The van der Waals surface area contributed by atoms with E-state index in [1.165, 1.54) is 11.8 Å². The average Bonchev–Trinajstić information content (AvgIpc) is 2.93. The SMILES string of the molecule is COc1ccc(OC)c([C@@H]2SCC(=O)Nc3c2c(C)nn3-c2ccccc2Cl)c1. The van der Waals surface area contributed by atoms with Gasteiger partial charge in [0.15, 0.2) is 0 Å². The summed E-state index contributed by atoms with van der Waals surface area (Å²) >= 11 is 7.94. The number of carbonyl (C=O) groups excluding carboxylic acids is 1. The molecular weight excluding hydrogens is 410 g/mol. The molecule has 2 heterocycles. The lowest BCUT2D eigenvalue weighted by atomic mass is 10.0. The zero-order valence-corrected chi connectivity index (χ0v) is 17.8. The van der Waals surface area contributed by atoms with Gasteiger partial charge in [0.25, 0.3) is 0 Å². The number of fused-ring (bicyclic) bond motifs is 1. The number of para-hydroxylation sites is 1. The predicted octanol–water partition coefficient (Wildman–Crippen LogP) is 4.63. The molecule has 0 fully saturated rings. The summed E-state index contributed by atoms with van der Waals surface area (Å²) in [6.45, 7) is 1.93. The summed E-state index contributed by atoms with van der Waals surface area (Å²) in [7, 11) is 3.26. The second kappa shape index (κ2) is 8.00. The van der Waals surface area contributed by atoms with Crippen molar-refractivity contribution in [2.24, 2.45) is 0 Å². The summed E-state index contributed by atoms with van der Waals surface area (Å²) in [5, 5.41) is 8.11. The Balaban J connectivity index is 1.94. The van der Waals surface area contributed by atoms with E-state index in [2.05, 4.69) is 5.32 Å². The first-order valence-electron chi connectivity index (χ1n) is 9.01. The predicted molar refractivity (Wildman–Crippen MR) is 116 cm³/mol. The summed E-state index contributed by atoms with van der Waals surface area (Å²) < 4.78 is 12.7. The fourth-order valence-electron chi connectivity index (χ4n) is 3.47. The van der Waals surface area contributed by atoms with Crippen LogP contribution in [0, 0.1) is 6.92 Å². The van der Waals surface area contributed by atoms with Gasteiger partial charge in [-0.3, -0.25) is 4.79 Å². The van der Waals surface area contributed by atoms with Crippen LogP contribution < -0.4 is 14.8 Å². The lowest BCUT2D eigenvalue weighted by Gasteiger charge is -2.19. The molecule has 6 nitrogen and oxygen atoms in total. The van der Waals surface area contributed by atoms with E-state index in [4.69, 9.17) is 26.2 Å². The molecule has 1 aromatic heterocycles. The van der Waals surface area contributed by atoms with E-state index in [0.717, 1.165) is 28.3 Å². The Hall–Kier alpha value is -2.64. The molecule has 0 radical (unpaired) electrons. The lowest BCUT2D eigenvalue weighted by molar-refractivity contribution is -0.113. The Morgan fingerprint density at radius 1 is 1.21 bits per heavy atom. The number of ether oxygens (including phenoxy) is 2. The Morgan fingerprint density at radius 3 is 2.72 bits per heavy atom. The zero-order chi connectivity index (χ0) is 20.5. The maximum absolute atomic E-state index is 12.5. The molecule has 0 saturated heterocycles. The van der Waals surface area contributed by atoms with Crippen molar-refractivity contribution < 1.29 is 14.3 Å². The first kappa shape index (κ1) is 19.7. The second-order valence-electron chi connectivity index (χ2n) is 6.56. The molecule has 29 heavy (non-hydrogen) atoms. The van der Waals surface area contributed by atoms with Crippen molar-refractivity contribution in [1.82, 2.24) is 9.78 Å². The van der Waals surface area contributed by atoms with Crippen LogP contribution in [0.3, 0.4) is 0 Å². The number of aromatic nitrogens is 2. The summed E-state index contributed by atoms with van der Waals surface area (Å²) in [6, 6.07) is 13.1. The molecule has 150 valence electrons. The van der Waals surface area contributed by atoms with Crippen molar-refractivity contribution in [3.8, 4) is 17.2 Å². The van der Waals surface area contributed by atoms with Crippen molar-refractivity contribution in [2.45, 2.75) is 12.2 Å². The first-order valence-corrected chi connectivity index (χ1v) is 10.4. The monoisotopic (exact) mass is 429 g/mol. The molecule has 0 saturated carbocycles. The number of nitrogens with one attached hydrogen (secondary N) is 1. The van der Waals surface area contributed by atoms with E-state index in [1.54, 1.807) is 25.0 Å². The van der Waals surface area contributed by atoms with Crippen LogP contribution in [0.25, 0.3) is 5.69 Å². The van der Waals surface area contributed by atoms with Crippen LogP contribution >= 0.6 is 23.4 Å². The highest BCUT2D eigenvalue weighted by atomic mass is 35.5. The molecular formula is C21H20ClN3O3S. The van der Waals surface area contributed by atoms with Crippen LogP contribution in [0.1, 0.15) is 22.1 Å². The topological polar surface area (TPSA) is 65.4 Å². The van der Waals surface area contributed by atoms with Crippen LogP contribution in [0.2, 0.25) is 5.02 Å². The number of thioether (sulfide) groups is 1. The quantitative estimate of drug-likeness (QED) is 0.655. The highest BCUT2D eigenvalue weighted by molar-refractivity contribution is 8.00. The van der Waals surface area contributed by atoms with Crippen LogP contribution in [0.15, 0.2) is 42.5 Å². The highest BCUT2D eigenvalue weighted by Crippen LogP contribution is 2.47. The molecule has 0 aliphatic carbocycles. The normalized spacial score (nSPS) is 16.0. The van der Waals surface area contributed by atoms with Crippen LogP contribution in [-0.2, 0) is 4.79 Å². The molecule has 1 aliphatic heterocycles. The Morgan fingerprint density at radius 2 is 2.00 bits per heavy atom. The number of aryl methyl sites for hydroxylation is 1. The van der Waals surface area contributed by atoms with E-state index in [1.807, 2.05) is 43.3 Å². The lowest BCUT2D eigenvalue weighted by Crippen LogP contribution is -2.16. The number of hydrogen-bond donors (Lipinski definition) is 1. The molecule has 3 aromatic rings. The fraction of sp³-hybridized carbons (Fsp3) is 0.238. The Bertz CT molecular complexity index is 1080. The minimum atomic E-state index is -0.162. The van der Waals surface area contributed by atoms with Gasteiger partial charge >= 0.3 is 0 Å². The number of amides is 1. The maximum atomic E-state index is 12.5. The van der Waals surface area contributed by atoms with E-state index in [0.29, 0.717) is 22.3 Å². The van der Waals surface area contributed by atoms with Crippen LogP contribution in [0.5, 0.6) is 11.5 Å². The van der Waals surface area contributed by atoms with Crippen LogP contribution in [0.4, 0.5) is 5.82 Å². The molecule has 1 amide bonds. The van der Waals surface area contributed by atoms with Gasteiger partial charge in [-0.05, 0) is 37.3 Å². The van der Waals surface area contributed by atoms with E-state index in [9.17, 15) is 4.79 Å². The Labute approximate surface area is 178 Å².